The second-order valence-electron chi connectivity index (χ2n) is 10.0. The van der Waals surface area contributed by atoms with Crippen LogP contribution in [0.2, 0.25) is 0 Å². The summed E-state index contributed by atoms with van der Waals surface area (Å²) in [6, 6.07) is 7.78. The first-order chi connectivity index (χ1) is 16.5. The number of nitrogens with one attached hydrogen (secondary N) is 4. The number of unbranched alkanes of at least 4 members (excludes halogenated alkanes) is 2. The number of guanidine groups is 1. The van der Waals surface area contributed by atoms with Gasteiger partial charge >= 0.3 is 6.03 Å². The van der Waals surface area contributed by atoms with Crippen molar-refractivity contribution in [3.63, 3.8) is 0 Å². The summed E-state index contributed by atoms with van der Waals surface area (Å²) in [6.45, 7) is 5.79. The van der Waals surface area contributed by atoms with E-state index in [4.69, 9.17) is 5.41 Å². The summed E-state index contributed by atoms with van der Waals surface area (Å²) in [6.07, 6.45) is 11.9. The first kappa shape index (κ1) is 26.0. The van der Waals surface area contributed by atoms with Crippen molar-refractivity contribution in [3.8, 4) is 0 Å². The number of rotatable bonds is 12. The maximum Gasteiger partial charge on any atom is 0.315 e. The highest BCUT2D eigenvalue weighted by Gasteiger charge is 2.49. The normalized spacial score (nSPS) is 20.9. The zero-order valence-electron chi connectivity index (χ0n) is 21.0. The summed E-state index contributed by atoms with van der Waals surface area (Å²) in [5, 5.41) is 17.6. The number of carbonyl (C=O) groups is 2. The van der Waals surface area contributed by atoms with Crippen LogP contribution in [0.15, 0.2) is 24.3 Å². The molecule has 0 radical (unpaired) electrons. The van der Waals surface area contributed by atoms with Crippen LogP contribution in [-0.2, 0) is 17.9 Å². The highest BCUT2D eigenvalue weighted by Crippen LogP contribution is 2.36. The lowest BCUT2D eigenvalue weighted by molar-refractivity contribution is -0.132. The molecule has 3 rings (SSSR count). The Bertz CT molecular complexity index is 819. The molecule has 34 heavy (non-hydrogen) atoms. The topological polar surface area (TPSA) is 97.3 Å². The van der Waals surface area contributed by atoms with Crippen molar-refractivity contribution in [2.24, 2.45) is 5.92 Å². The first-order valence-electron chi connectivity index (χ1n) is 13.3. The van der Waals surface area contributed by atoms with Crippen LogP contribution in [0.3, 0.4) is 0 Å². The fraction of sp³-hybridized carbons (Fsp3) is 0.667. The lowest BCUT2D eigenvalue weighted by Crippen LogP contribution is -2.48. The van der Waals surface area contributed by atoms with Crippen LogP contribution in [0.25, 0.3) is 0 Å². The van der Waals surface area contributed by atoms with E-state index >= 15 is 0 Å². The molecule has 0 spiro atoms. The van der Waals surface area contributed by atoms with Gasteiger partial charge in [-0.2, -0.15) is 0 Å². The van der Waals surface area contributed by atoms with Crippen LogP contribution < -0.4 is 16.0 Å². The van der Waals surface area contributed by atoms with E-state index in [1.54, 1.807) is 4.90 Å². The van der Waals surface area contributed by atoms with Gasteiger partial charge in [0.2, 0.25) is 0 Å². The molecule has 1 aromatic carbocycles. The molecule has 2 fully saturated rings. The Morgan fingerprint density at radius 2 is 1.74 bits per heavy atom. The van der Waals surface area contributed by atoms with E-state index in [9.17, 15) is 9.59 Å². The predicted molar refractivity (Wildman–Crippen MR) is 136 cm³/mol. The second kappa shape index (κ2) is 12.8. The summed E-state index contributed by atoms with van der Waals surface area (Å²) in [5.74, 6) is 0.859. The van der Waals surface area contributed by atoms with E-state index in [1.165, 1.54) is 32.1 Å². The van der Waals surface area contributed by atoms with Crippen molar-refractivity contribution in [1.29, 1.82) is 5.41 Å². The van der Waals surface area contributed by atoms with Gasteiger partial charge in [-0.25, -0.2) is 4.79 Å². The number of hydrogen-bond acceptors (Lipinski definition) is 3. The molecule has 1 saturated carbocycles. The SMILES string of the molecule is CCCCNC(=O)NCc1ccc(CN2C(=N)NC(CCCC)(CC3CCCCC3)C2=O)cc1. The molecule has 0 bridgehead atoms. The molecule has 1 heterocycles. The lowest BCUT2D eigenvalue weighted by atomic mass is 9.77. The lowest BCUT2D eigenvalue weighted by Gasteiger charge is -2.33. The molecular formula is C27H43N5O2. The van der Waals surface area contributed by atoms with Gasteiger partial charge in [0.25, 0.3) is 5.91 Å². The Kier molecular flexibility index (Phi) is 9.78. The molecule has 1 aliphatic heterocycles. The predicted octanol–water partition coefficient (Wildman–Crippen LogP) is 5.05. The maximum atomic E-state index is 13.6. The molecule has 1 saturated heterocycles. The summed E-state index contributed by atoms with van der Waals surface area (Å²) >= 11 is 0. The third kappa shape index (κ3) is 6.97. The van der Waals surface area contributed by atoms with Crippen LogP contribution in [-0.4, -0.2) is 34.9 Å². The maximum absolute atomic E-state index is 13.6. The molecule has 2 aliphatic rings. The van der Waals surface area contributed by atoms with Crippen LogP contribution >= 0.6 is 0 Å². The Morgan fingerprint density at radius 3 is 2.41 bits per heavy atom. The first-order valence-corrected chi connectivity index (χ1v) is 13.3. The Labute approximate surface area is 205 Å². The molecule has 188 valence electrons. The van der Waals surface area contributed by atoms with Gasteiger partial charge in [0, 0.05) is 13.1 Å². The molecule has 4 N–H and O–H groups in total. The number of nitrogens with zero attached hydrogens (tertiary/aromatic N) is 1. The molecule has 7 heteroatoms. The zero-order valence-corrected chi connectivity index (χ0v) is 21.0. The van der Waals surface area contributed by atoms with E-state index in [0.717, 1.165) is 49.7 Å². The molecule has 1 aliphatic carbocycles. The third-order valence-electron chi connectivity index (χ3n) is 7.23. The van der Waals surface area contributed by atoms with E-state index in [-0.39, 0.29) is 17.9 Å². The molecule has 3 amide bonds. The number of amides is 3. The van der Waals surface area contributed by atoms with Crippen LogP contribution in [0.5, 0.6) is 0 Å². The fourth-order valence-electron chi connectivity index (χ4n) is 5.20. The number of hydrogen-bond donors (Lipinski definition) is 4. The van der Waals surface area contributed by atoms with Crippen LogP contribution in [0.1, 0.15) is 95.6 Å². The minimum absolute atomic E-state index is 0.0611. The largest absolute Gasteiger partial charge is 0.342 e. The van der Waals surface area contributed by atoms with Gasteiger partial charge in [-0.3, -0.25) is 15.1 Å². The molecular weight excluding hydrogens is 426 g/mol. The smallest absolute Gasteiger partial charge is 0.315 e. The van der Waals surface area contributed by atoms with E-state index < -0.39 is 5.54 Å². The Hall–Kier alpha value is -2.57. The van der Waals surface area contributed by atoms with E-state index in [1.807, 2.05) is 24.3 Å². The van der Waals surface area contributed by atoms with E-state index in [0.29, 0.717) is 25.6 Å². The molecule has 7 nitrogen and oxygen atoms in total. The summed E-state index contributed by atoms with van der Waals surface area (Å²) < 4.78 is 0. The average molecular weight is 470 g/mol. The van der Waals surface area contributed by atoms with Crippen molar-refractivity contribution >= 4 is 17.9 Å². The van der Waals surface area contributed by atoms with Crippen molar-refractivity contribution < 1.29 is 9.59 Å². The van der Waals surface area contributed by atoms with Gasteiger partial charge in [-0.15, -0.1) is 0 Å². The monoisotopic (exact) mass is 469 g/mol. The van der Waals surface area contributed by atoms with Gasteiger partial charge in [0.1, 0.15) is 5.54 Å². The molecule has 1 aromatic rings. The van der Waals surface area contributed by atoms with Crippen molar-refractivity contribution in [3.05, 3.63) is 35.4 Å². The summed E-state index contributed by atoms with van der Waals surface area (Å²) in [7, 11) is 0. The second-order valence-corrected chi connectivity index (χ2v) is 10.0. The van der Waals surface area contributed by atoms with Crippen molar-refractivity contribution in [2.45, 2.75) is 103 Å². The van der Waals surface area contributed by atoms with Crippen molar-refractivity contribution in [1.82, 2.24) is 20.9 Å². The van der Waals surface area contributed by atoms with Gasteiger partial charge in [0.15, 0.2) is 5.96 Å². The quantitative estimate of drug-likeness (QED) is 0.322. The van der Waals surface area contributed by atoms with Gasteiger partial charge in [-0.05, 0) is 36.3 Å². The van der Waals surface area contributed by atoms with Crippen LogP contribution in [0, 0.1) is 11.3 Å². The molecule has 1 unspecified atom stereocenters. The highest BCUT2D eigenvalue weighted by atomic mass is 16.2. The van der Waals surface area contributed by atoms with E-state index in [2.05, 4.69) is 29.8 Å². The summed E-state index contributed by atoms with van der Waals surface area (Å²) in [4.78, 5) is 27.1. The Balaban J connectivity index is 1.59. The molecule has 1 atom stereocenters. The number of carbonyl (C=O) groups excluding carboxylic acids is 2. The van der Waals surface area contributed by atoms with Gasteiger partial charge < -0.3 is 16.0 Å². The average Bonchev–Trinajstić information content (AvgIpc) is 3.07. The minimum atomic E-state index is -0.621. The standard InChI is InChI=1S/C27H43N5O2/c1-3-5-16-27(18-21-10-8-7-9-11-21)24(33)32(25(28)31-27)20-23-14-12-22(13-15-23)19-30-26(34)29-17-6-4-2/h12-15,21H,3-11,16-20H2,1-2H3,(H2,28,31)(H2,29,30,34). The van der Waals surface area contributed by atoms with Crippen LogP contribution in [0.4, 0.5) is 4.79 Å². The van der Waals surface area contributed by atoms with Gasteiger partial charge in [-0.1, -0.05) is 89.5 Å². The van der Waals surface area contributed by atoms with Crippen molar-refractivity contribution in [2.75, 3.05) is 6.54 Å². The minimum Gasteiger partial charge on any atom is -0.342 e. The highest BCUT2D eigenvalue weighted by molar-refractivity contribution is 6.07. The van der Waals surface area contributed by atoms with Gasteiger partial charge in [0.05, 0.1) is 6.54 Å². The Morgan fingerprint density at radius 1 is 1.06 bits per heavy atom. The summed E-state index contributed by atoms with van der Waals surface area (Å²) in [5.41, 5.74) is 1.37. The number of benzene rings is 1. The third-order valence-corrected chi connectivity index (χ3v) is 7.23. The zero-order chi connectivity index (χ0) is 24.4. The number of urea groups is 1. The fourth-order valence-corrected chi connectivity index (χ4v) is 5.20. The molecule has 0 aromatic heterocycles.